The molecule has 0 unspecified atom stereocenters. The van der Waals surface area contributed by atoms with Gasteiger partial charge in [0, 0.05) is 18.9 Å². The molecule has 0 fully saturated rings. The van der Waals surface area contributed by atoms with Crippen LogP contribution in [0.3, 0.4) is 0 Å². The molecule has 0 aliphatic carbocycles. The fourth-order valence-corrected chi connectivity index (χ4v) is 1.70. The average molecular weight is 233 g/mol. The molecule has 1 radical (unpaired) electrons. The molecule has 1 aromatic carbocycles. The summed E-state index contributed by atoms with van der Waals surface area (Å²) >= 11 is 0. The maximum atomic E-state index is 13.9. The van der Waals surface area contributed by atoms with Crippen molar-refractivity contribution >= 4 is 0 Å². The Balaban J connectivity index is 2.56. The third-order valence-corrected chi connectivity index (χ3v) is 2.60. The number of methoxy groups -OCH3 is 1. The molecule has 0 atom stereocenters. The van der Waals surface area contributed by atoms with Gasteiger partial charge < -0.3 is 4.74 Å². The first-order valence-electron chi connectivity index (χ1n) is 5.28. The van der Waals surface area contributed by atoms with E-state index < -0.39 is 0 Å². The molecule has 0 saturated heterocycles. The van der Waals surface area contributed by atoms with Crippen LogP contribution in [0.4, 0.5) is 4.39 Å². The summed E-state index contributed by atoms with van der Waals surface area (Å²) in [4.78, 5) is 0. The monoisotopic (exact) mass is 233 g/mol. The van der Waals surface area contributed by atoms with Gasteiger partial charge in [0.2, 0.25) is 0 Å². The summed E-state index contributed by atoms with van der Waals surface area (Å²) in [6.07, 6.45) is 1.72. The van der Waals surface area contributed by atoms with E-state index in [1.807, 2.05) is 13.0 Å². The van der Waals surface area contributed by atoms with Crippen LogP contribution in [-0.2, 0) is 11.3 Å². The van der Waals surface area contributed by atoms with Crippen molar-refractivity contribution in [3.63, 3.8) is 0 Å². The second kappa shape index (κ2) is 4.67. The first-order chi connectivity index (χ1) is 8.13. The van der Waals surface area contributed by atoms with Gasteiger partial charge in [0.25, 0.3) is 0 Å². The quantitative estimate of drug-likeness (QED) is 0.815. The van der Waals surface area contributed by atoms with Crippen molar-refractivity contribution < 1.29 is 9.13 Å². The van der Waals surface area contributed by atoms with E-state index in [9.17, 15) is 4.39 Å². The van der Waals surface area contributed by atoms with Crippen LogP contribution >= 0.6 is 0 Å². The molecule has 0 saturated carbocycles. The molecule has 89 valence electrons. The molecular weight excluding hydrogens is 219 g/mol. The number of para-hydroxylation sites is 1. The van der Waals surface area contributed by atoms with Gasteiger partial charge in [0.05, 0.1) is 12.3 Å². The Hall–Kier alpha value is -1.68. The van der Waals surface area contributed by atoms with Crippen LogP contribution in [-0.4, -0.2) is 16.9 Å². The van der Waals surface area contributed by atoms with Crippen molar-refractivity contribution in [3.8, 4) is 5.69 Å². The number of hydrogen-bond donors (Lipinski definition) is 0. The molecule has 0 spiro atoms. The summed E-state index contributed by atoms with van der Waals surface area (Å²) < 4.78 is 20.4. The van der Waals surface area contributed by atoms with Crippen molar-refractivity contribution in [2.45, 2.75) is 13.5 Å². The number of nitrogens with zero attached hydrogens (tertiary/aromatic N) is 2. The zero-order valence-electron chi connectivity index (χ0n) is 9.90. The molecule has 0 N–H and O–H groups in total. The van der Waals surface area contributed by atoms with E-state index in [1.165, 1.54) is 10.7 Å². The standard InChI is InChI=1S/C13H14FN2O/c1-9-7-16(15-10(9)2)13-11(8-17-3)5-4-6-12(13)14/h4-7H,1,8H2,2-3H3. The number of aryl methyl sites for hydroxylation is 1. The lowest BCUT2D eigenvalue weighted by Crippen LogP contribution is -2.04. The summed E-state index contributed by atoms with van der Waals surface area (Å²) in [6, 6.07) is 4.89. The van der Waals surface area contributed by atoms with Crippen LogP contribution in [0.2, 0.25) is 0 Å². The normalized spacial score (nSPS) is 10.8. The molecule has 0 aliphatic heterocycles. The number of rotatable bonds is 3. The molecule has 2 aromatic rings. The highest BCUT2D eigenvalue weighted by atomic mass is 19.1. The highest BCUT2D eigenvalue weighted by Gasteiger charge is 2.12. The summed E-state index contributed by atoms with van der Waals surface area (Å²) in [6.45, 7) is 6.02. The van der Waals surface area contributed by atoms with Crippen molar-refractivity contribution in [3.05, 3.63) is 54.0 Å². The van der Waals surface area contributed by atoms with E-state index in [0.29, 0.717) is 12.3 Å². The van der Waals surface area contributed by atoms with Gasteiger partial charge >= 0.3 is 0 Å². The summed E-state index contributed by atoms with van der Waals surface area (Å²) in [5, 5.41) is 4.24. The molecule has 0 bridgehead atoms. The van der Waals surface area contributed by atoms with Crippen LogP contribution in [0.25, 0.3) is 5.69 Å². The van der Waals surface area contributed by atoms with Gasteiger partial charge in [-0.25, -0.2) is 9.07 Å². The Bertz CT molecular complexity index is 515. The van der Waals surface area contributed by atoms with Gasteiger partial charge in [-0.15, -0.1) is 0 Å². The SMILES string of the molecule is [CH2]c1cn(-c2c(F)cccc2COC)nc1C. The Kier molecular flexibility index (Phi) is 3.24. The zero-order chi connectivity index (χ0) is 12.4. The lowest BCUT2D eigenvalue weighted by Gasteiger charge is -2.09. The van der Waals surface area contributed by atoms with E-state index in [2.05, 4.69) is 12.0 Å². The fraction of sp³-hybridized carbons (Fsp3) is 0.231. The predicted octanol–water partition coefficient (Wildman–Crippen LogP) is 2.65. The largest absolute Gasteiger partial charge is 0.380 e. The van der Waals surface area contributed by atoms with E-state index in [1.54, 1.807) is 19.4 Å². The Morgan fingerprint density at radius 2 is 2.24 bits per heavy atom. The van der Waals surface area contributed by atoms with E-state index in [0.717, 1.165) is 16.8 Å². The van der Waals surface area contributed by atoms with E-state index in [4.69, 9.17) is 4.74 Å². The average Bonchev–Trinajstić information content (AvgIpc) is 2.59. The highest BCUT2D eigenvalue weighted by Crippen LogP contribution is 2.20. The smallest absolute Gasteiger partial charge is 0.149 e. The van der Waals surface area contributed by atoms with E-state index in [-0.39, 0.29) is 5.82 Å². The van der Waals surface area contributed by atoms with Crippen LogP contribution in [0, 0.1) is 19.7 Å². The van der Waals surface area contributed by atoms with Crippen LogP contribution in [0.1, 0.15) is 16.8 Å². The lowest BCUT2D eigenvalue weighted by molar-refractivity contribution is 0.184. The minimum Gasteiger partial charge on any atom is -0.380 e. The Morgan fingerprint density at radius 3 is 2.82 bits per heavy atom. The lowest BCUT2D eigenvalue weighted by atomic mass is 10.2. The Morgan fingerprint density at radius 1 is 1.47 bits per heavy atom. The Labute approximate surface area is 99.8 Å². The number of halogens is 1. The third-order valence-electron chi connectivity index (χ3n) is 2.60. The second-order valence-corrected chi connectivity index (χ2v) is 3.86. The number of ether oxygens (including phenoxy) is 1. The van der Waals surface area contributed by atoms with Gasteiger partial charge in [-0.1, -0.05) is 12.1 Å². The molecule has 1 aromatic heterocycles. The second-order valence-electron chi connectivity index (χ2n) is 3.86. The topological polar surface area (TPSA) is 27.1 Å². The van der Waals surface area contributed by atoms with E-state index >= 15 is 0 Å². The number of aromatic nitrogens is 2. The first kappa shape index (κ1) is 11.8. The summed E-state index contributed by atoms with van der Waals surface area (Å²) in [5.41, 5.74) is 2.76. The molecule has 4 heteroatoms. The van der Waals surface area contributed by atoms with Gasteiger partial charge in [0.15, 0.2) is 0 Å². The zero-order valence-corrected chi connectivity index (χ0v) is 9.90. The van der Waals surface area contributed by atoms with Crippen molar-refractivity contribution in [1.29, 1.82) is 0 Å². The van der Waals surface area contributed by atoms with Crippen molar-refractivity contribution in [2.24, 2.45) is 0 Å². The number of hydrogen-bond acceptors (Lipinski definition) is 2. The van der Waals surface area contributed by atoms with Crippen molar-refractivity contribution in [1.82, 2.24) is 9.78 Å². The summed E-state index contributed by atoms with van der Waals surface area (Å²) in [5.74, 6) is -0.318. The molecule has 1 heterocycles. The van der Waals surface area contributed by atoms with Gasteiger partial charge in [-0.05, 0) is 25.5 Å². The molecular formula is C13H14FN2O. The number of benzene rings is 1. The highest BCUT2D eigenvalue weighted by molar-refractivity contribution is 5.42. The fourth-order valence-electron chi connectivity index (χ4n) is 1.70. The minimum absolute atomic E-state index is 0.318. The molecule has 3 nitrogen and oxygen atoms in total. The third kappa shape index (κ3) is 2.22. The molecule has 17 heavy (non-hydrogen) atoms. The van der Waals surface area contributed by atoms with Crippen LogP contribution in [0.15, 0.2) is 24.4 Å². The van der Waals surface area contributed by atoms with Gasteiger partial charge in [-0.2, -0.15) is 5.10 Å². The van der Waals surface area contributed by atoms with Crippen LogP contribution in [0.5, 0.6) is 0 Å². The maximum Gasteiger partial charge on any atom is 0.149 e. The maximum absolute atomic E-state index is 13.9. The van der Waals surface area contributed by atoms with Crippen molar-refractivity contribution in [2.75, 3.05) is 7.11 Å². The predicted molar refractivity (Wildman–Crippen MR) is 63.4 cm³/mol. The first-order valence-corrected chi connectivity index (χ1v) is 5.28. The van der Waals surface area contributed by atoms with Crippen LogP contribution < -0.4 is 0 Å². The molecule has 0 aliphatic rings. The van der Waals surface area contributed by atoms with Gasteiger partial charge in [-0.3, -0.25) is 0 Å². The minimum atomic E-state index is -0.318. The van der Waals surface area contributed by atoms with Gasteiger partial charge in [0.1, 0.15) is 11.5 Å². The molecule has 2 rings (SSSR count). The summed E-state index contributed by atoms with van der Waals surface area (Å²) in [7, 11) is 1.58. The molecule has 0 amide bonds.